The van der Waals surface area contributed by atoms with E-state index in [1.54, 1.807) is 11.0 Å². The second-order valence-corrected chi connectivity index (χ2v) is 6.84. The predicted molar refractivity (Wildman–Crippen MR) is 101 cm³/mol. The highest BCUT2D eigenvalue weighted by Gasteiger charge is 2.41. The van der Waals surface area contributed by atoms with E-state index in [9.17, 15) is 4.79 Å². The number of carbonyl (C=O) groups excluding carboxylic acids is 1. The van der Waals surface area contributed by atoms with Crippen LogP contribution in [-0.2, 0) is 6.42 Å². The number of anilines is 1. The molecule has 0 unspecified atom stereocenters. The Morgan fingerprint density at radius 2 is 1.65 bits per heavy atom. The van der Waals surface area contributed by atoms with Crippen molar-refractivity contribution >= 4 is 11.7 Å². The number of ether oxygens (including phenoxy) is 1. The normalized spacial score (nSPS) is 15.3. The predicted octanol–water partition coefficient (Wildman–Crippen LogP) is 4.45. The van der Waals surface area contributed by atoms with Crippen LogP contribution in [0, 0.1) is 0 Å². The van der Waals surface area contributed by atoms with Gasteiger partial charge in [-0.15, -0.1) is 0 Å². The third-order valence-corrected chi connectivity index (χ3v) is 4.47. The summed E-state index contributed by atoms with van der Waals surface area (Å²) in [6.07, 6.45) is 0.717. The van der Waals surface area contributed by atoms with E-state index in [0.29, 0.717) is 23.6 Å². The average molecular weight is 344 g/mol. The van der Waals surface area contributed by atoms with Gasteiger partial charge in [0, 0.05) is 12.1 Å². The van der Waals surface area contributed by atoms with Gasteiger partial charge in [-0.05, 0) is 43.7 Å². The lowest BCUT2D eigenvalue weighted by Gasteiger charge is -2.42. The zero-order valence-electron chi connectivity index (χ0n) is 14.8. The summed E-state index contributed by atoms with van der Waals surface area (Å²) in [5.74, 6) is 1.11. The molecule has 0 N–H and O–H groups in total. The Bertz CT molecular complexity index is 951. The summed E-state index contributed by atoms with van der Waals surface area (Å²) >= 11 is 0. The highest BCUT2D eigenvalue weighted by molar-refractivity contribution is 6.09. The number of para-hydroxylation sites is 1. The molecule has 1 aromatic heterocycles. The number of nitrogens with zero attached hydrogens (tertiary/aromatic N) is 2. The molecule has 0 spiro atoms. The molecule has 4 heteroatoms. The van der Waals surface area contributed by atoms with Gasteiger partial charge < -0.3 is 4.74 Å². The smallest absolute Gasteiger partial charge is 0.266 e. The van der Waals surface area contributed by atoms with Gasteiger partial charge in [-0.1, -0.05) is 48.5 Å². The zero-order chi connectivity index (χ0) is 18.1. The molecule has 4 nitrogen and oxygen atoms in total. The first-order chi connectivity index (χ1) is 12.5. The van der Waals surface area contributed by atoms with E-state index in [1.165, 1.54) is 5.56 Å². The Balaban J connectivity index is 1.71. The Kier molecular flexibility index (Phi) is 3.96. The Labute approximate surface area is 153 Å². The molecule has 3 aromatic rings. The summed E-state index contributed by atoms with van der Waals surface area (Å²) < 4.78 is 6.08. The second-order valence-electron chi connectivity index (χ2n) is 6.84. The van der Waals surface area contributed by atoms with Crippen molar-refractivity contribution in [3.8, 4) is 5.75 Å². The van der Waals surface area contributed by atoms with Gasteiger partial charge in [0.1, 0.15) is 11.6 Å². The van der Waals surface area contributed by atoms with Gasteiger partial charge in [-0.25, -0.2) is 4.98 Å². The van der Waals surface area contributed by atoms with E-state index < -0.39 is 5.72 Å². The van der Waals surface area contributed by atoms with E-state index in [4.69, 9.17) is 9.72 Å². The Morgan fingerprint density at radius 1 is 0.923 bits per heavy atom. The van der Waals surface area contributed by atoms with E-state index in [2.05, 4.69) is 12.1 Å². The summed E-state index contributed by atoms with van der Waals surface area (Å²) in [7, 11) is 0. The van der Waals surface area contributed by atoms with Crippen molar-refractivity contribution in [3.63, 3.8) is 0 Å². The largest absolute Gasteiger partial charge is 0.467 e. The van der Waals surface area contributed by atoms with Gasteiger partial charge in [0.15, 0.2) is 5.72 Å². The summed E-state index contributed by atoms with van der Waals surface area (Å²) in [5, 5.41) is 0. The van der Waals surface area contributed by atoms with Gasteiger partial charge in [-0.3, -0.25) is 9.69 Å². The van der Waals surface area contributed by atoms with Gasteiger partial charge in [-0.2, -0.15) is 0 Å². The van der Waals surface area contributed by atoms with Crippen LogP contribution >= 0.6 is 0 Å². The Hall–Kier alpha value is -3.14. The fourth-order valence-electron chi connectivity index (χ4n) is 3.29. The molecule has 130 valence electrons. The molecule has 2 aromatic carbocycles. The molecular formula is C22H20N2O2. The standard InChI is InChI=1S/C22H20N2O2/c1-22(2)24(21(25)18-12-6-7-13-19(18)26-22)20-14-8-11-17(23-20)15-16-9-4-3-5-10-16/h3-14H,15H2,1-2H3. The quantitative estimate of drug-likeness (QED) is 0.705. The Morgan fingerprint density at radius 3 is 2.46 bits per heavy atom. The van der Waals surface area contributed by atoms with E-state index >= 15 is 0 Å². The zero-order valence-corrected chi connectivity index (χ0v) is 14.8. The molecule has 0 aliphatic carbocycles. The number of hydrogen-bond donors (Lipinski definition) is 0. The van der Waals surface area contributed by atoms with Crippen molar-refractivity contribution in [2.75, 3.05) is 4.90 Å². The SMILES string of the molecule is CC1(C)Oc2ccccc2C(=O)N1c1cccc(Cc2ccccc2)n1. The van der Waals surface area contributed by atoms with Crippen molar-refractivity contribution in [2.24, 2.45) is 0 Å². The number of pyridine rings is 1. The maximum absolute atomic E-state index is 13.1. The van der Waals surface area contributed by atoms with Crippen molar-refractivity contribution in [1.82, 2.24) is 4.98 Å². The molecule has 0 saturated heterocycles. The van der Waals surface area contributed by atoms with Crippen LogP contribution in [0.5, 0.6) is 5.75 Å². The maximum Gasteiger partial charge on any atom is 0.266 e. The molecule has 0 bridgehead atoms. The topological polar surface area (TPSA) is 42.4 Å². The van der Waals surface area contributed by atoms with Gasteiger partial charge in [0.2, 0.25) is 0 Å². The number of carbonyl (C=O) groups is 1. The number of fused-ring (bicyclic) bond motifs is 1. The van der Waals surface area contributed by atoms with E-state index in [0.717, 1.165) is 5.69 Å². The molecule has 1 amide bonds. The minimum absolute atomic E-state index is 0.0961. The molecule has 1 aliphatic rings. The molecule has 0 saturated carbocycles. The molecule has 0 radical (unpaired) electrons. The van der Waals surface area contributed by atoms with Gasteiger partial charge >= 0.3 is 0 Å². The number of rotatable bonds is 3. The number of benzene rings is 2. The van der Waals surface area contributed by atoms with Crippen LogP contribution in [0.2, 0.25) is 0 Å². The molecule has 26 heavy (non-hydrogen) atoms. The third-order valence-electron chi connectivity index (χ3n) is 4.47. The molecule has 0 fully saturated rings. The van der Waals surface area contributed by atoms with Crippen molar-refractivity contribution in [1.29, 1.82) is 0 Å². The highest BCUT2D eigenvalue weighted by atomic mass is 16.5. The van der Waals surface area contributed by atoms with Crippen molar-refractivity contribution in [3.05, 3.63) is 89.6 Å². The molecule has 1 aliphatic heterocycles. The first-order valence-corrected chi connectivity index (χ1v) is 8.67. The molecule has 4 rings (SSSR count). The van der Waals surface area contributed by atoms with Crippen LogP contribution in [0.15, 0.2) is 72.8 Å². The maximum atomic E-state index is 13.1. The lowest BCUT2D eigenvalue weighted by Crippen LogP contribution is -2.55. The van der Waals surface area contributed by atoms with Crippen LogP contribution in [0.4, 0.5) is 5.82 Å². The summed E-state index contributed by atoms with van der Waals surface area (Å²) in [6, 6.07) is 23.3. The first kappa shape index (κ1) is 16.3. The number of hydrogen-bond acceptors (Lipinski definition) is 3. The summed E-state index contributed by atoms with van der Waals surface area (Å²) in [6.45, 7) is 3.76. The summed E-state index contributed by atoms with van der Waals surface area (Å²) in [5.41, 5.74) is 1.84. The van der Waals surface area contributed by atoms with Gasteiger partial charge in [0.05, 0.1) is 5.56 Å². The van der Waals surface area contributed by atoms with Gasteiger partial charge in [0.25, 0.3) is 5.91 Å². The second kappa shape index (κ2) is 6.30. The fourth-order valence-corrected chi connectivity index (χ4v) is 3.29. The average Bonchev–Trinajstić information content (AvgIpc) is 2.62. The highest BCUT2D eigenvalue weighted by Crippen LogP contribution is 2.35. The van der Waals surface area contributed by atoms with Crippen LogP contribution < -0.4 is 9.64 Å². The molecular weight excluding hydrogens is 324 g/mol. The van der Waals surface area contributed by atoms with Crippen LogP contribution in [0.1, 0.15) is 35.5 Å². The van der Waals surface area contributed by atoms with Crippen LogP contribution in [-0.4, -0.2) is 16.6 Å². The minimum Gasteiger partial charge on any atom is -0.467 e. The lowest BCUT2D eigenvalue weighted by atomic mass is 10.1. The fraction of sp³-hybridized carbons (Fsp3) is 0.182. The van der Waals surface area contributed by atoms with Crippen LogP contribution in [0.25, 0.3) is 0 Å². The minimum atomic E-state index is -0.816. The van der Waals surface area contributed by atoms with Crippen molar-refractivity contribution < 1.29 is 9.53 Å². The lowest BCUT2D eigenvalue weighted by molar-refractivity contribution is 0.0631. The van der Waals surface area contributed by atoms with Crippen molar-refractivity contribution in [2.45, 2.75) is 26.0 Å². The summed E-state index contributed by atoms with van der Waals surface area (Å²) in [4.78, 5) is 19.5. The van der Waals surface area contributed by atoms with E-state index in [-0.39, 0.29) is 5.91 Å². The number of amides is 1. The number of aromatic nitrogens is 1. The van der Waals surface area contributed by atoms with Crippen LogP contribution in [0.3, 0.4) is 0 Å². The van der Waals surface area contributed by atoms with E-state index in [1.807, 2.05) is 68.4 Å². The molecule has 2 heterocycles. The first-order valence-electron chi connectivity index (χ1n) is 8.67. The molecule has 0 atom stereocenters. The monoisotopic (exact) mass is 344 g/mol. The third kappa shape index (κ3) is 2.94.